The Labute approximate surface area is 272 Å². The first kappa shape index (κ1) is 33.0. The first-order valence-electron chi connectivity index (χ1n) is 14.9. The van der Waals surface area contributed by atoms with Crippen LogP contribution in [0.3, 0.4) is 0 Å². The van der Waals surface area contributed by atoms with E-state index in [1.165, 1.54) is 47.6 Å². The molecular weight excluding hydrogens is 608 g/mol. The minimum atomic E-state index is -1.11. The molecule has 12 heteroatoms. The number of amides is 1. The van der Waals surface area contributed by atoms with Crippen LogP contribution >= 0.6 is 0 Å². The molecule has 3 aromatic carbocycles. The van der Waals surface area contributed by atoms with Crippen LogP contribution in [-0.2, 0) is 14.4 Å². The van der Waals surface area contributed by atoms with Crippen LogP contribution in [0.1, 0.15) is 48.8 Å². The predicted octanol–water partition coefficient (Wildman–Crippen LogP) is 5.50. The summed E-state index contributed by atoms with van der Waals surface area (Å²) in [6, 6.07) is 13.4. The molecule has 0 saturated heterocycles. The number of benzene rings is 3. The zero-order chi connectivity index (χ0) is 33.8. The van der Waals surface area contributed by atoms with Gasteiger partial charge in [-0.25, -0.2) is 0 Å². The van der Waals surface area contributed by atoms with Gasteiger partial charge in [0, 0.05) is 24.1 Å². The van der Waals surface area contributed by atoms with Crippen molar-refractivity contribution in [1.29, 1.82) is 0 Å². The zero-order valence-corrected chi connectivity index (χ0v) is 27.2. The number of ether oxygens (including phenoxy) is 6. The van der Waals surface area contributed by atoms with Crippen molar-refractivity contribution in [3.05, 3.63) is 70.9 Å². The van der Waals surface area contributed by atoms with Gasteiger partial charge in [-0.1, -0.05) is 12.1 Å². The lowest BCUT2D eigenvalue weighted by Crippen LogP contribution is -2.38. The van der Waals surface area contributed by atoms with E-state index in [1.54, 1.807) is 24.3 Å². The summed E-state index contributed by atoms with van der Waals surface area (Å²) in [4.78, 5) is 41.6. The third-order valence-corrected chi connectivity index (χ3v) is 8.47. The number of carboxylic acid groups (broad SMARTS) is 1. The van der Waals surface area contributed by atoms with Gasteiger partial charge in [0.1, 0.15) is 0 Å². The second-order valence-corrected chi connectivity index (χ2v) is 11.0. The summed E-state index contributed by atoms with van der Waals surface area (Å²) in [5, 5.41) is 12.9. The van der Waals surface area contributed by atoms with Crippen molar-refractivity contribution < 1.29 is 47.9 Å². The summed E-state index contributed by atoms with van der Waals surface area (Å²) in [7, 11) is 9.06. The summed E-state index contributed by atoms with van der Waals surface area (Å²) in [6.45, 7) is 0. The maximum absolute atomic E-state index is 14.5. The minimum absolute atomic E-state index is 0.119. The number of methoxy groups -OCH3 is 6. The average Bonchev–Trinajstić information content (AvgIpc) is 3.23. The molecule has 47 heavy (non-hydrogen) atoms. The molecule has 1 aliphatic carbocycles. The Balaban J connectivity index is 1.74. The Morgan fingerprint density at radius 2 is 1.30 bits per heavy atom. The van der Waals surface area contributed by atoms with Gasteiger partial charge in [-0.15, -0.1) is 0 Å². The van der Waals surface area contributed by atoms with Crippen molar-refractivity contribution in [3.63, 3.8) is 0 Å². The zero-order valence-electron chi connectivity index (χ0n) is 27.2. The standard InChI is InChI=1S/C35H38N2O10/c1-42-26-15-20(16-27(43-2)34(26)46-5)19-13-23-32(25(38)14-19)33(21-17-28(44-3)35(47-6)29(18-21)45-4)37(30(39)11-12-31(40)41)24-10-8-7-9-22(24)36-23/h7-10,15-19,33,36H,11-14H2,1-6H3,(H,40,41)/t19-,33-/m0/s1. The lowest BCUT2D eigenvalue weighted by atomic mass is 9.78. The number of para-hydroxylation sites is 2. The number of ketones is 1. The van der Waals surface area contributed by atoms with E-state index in [2.05, 4.69) is 5.32 Å². The van der Waals surface area contributed by atoms with Crippen LogP contribution in [0.15, 0.2) is 59.8 Å². The number of carbonyl (C=O) groups excluding carboxylic acids is 2. The highest BCUT2D eigenvalue weighted by molar-refractivity contribution is 6.07. The summed E-state index contributed by atoms with van der Waals surface area (Å²) in [5.74, 6) is 0.375. The number of allylic oxidation sites excluding steroid dienone is 1. The van der Waals surface area contributed by atoms with E-state index in [4.69, 9.17) is 28.4 Å². The van der Waals surface area contributed by atoms with E-state index in [0.29, 0.717) is 69.1 Å². The van der Waals surface area contributed by atoms with Crippen molar-refractivity contribution in [2.45, 2.75) is 37.6 Å². The van der Waals surface area contributed by atoms with Crippen LogP contribution in [0.5, 0.6) is 34.5 Å². The third kappa shape index (κ3) is 6.23. The van der Waals surface area contributed by atoms with E-state index in [-0.39, 0.29) is 31.0 Å². The number of hydrogen-bond donors (Lipinski definition) is 2. The van der Waals surface area contributed by atoms with Crippen LogP contribution < -0.4 is 38.6 Å². The maximum Gasteiger partial charge on any atom is 0.303 e. The van der Waals surface area contributed by atoms with Gasteiger partial charge in [0.05, 0.1) is 66.5 Å². The summed E-state index contributed by atoms with van der Waals surface area (Å²) in [5.41, 5.74) is 3.43. The highest BCUT2D eigenvalue weighted by Crippen LogP contribution is 2.51. The van der Waals surface area contributed by atoms with E-state index in [0.717, 1.165) is 5.56 Å². The molecule has 1 amide bonds. The monoisotopic (exact) mass is 646 g/mol. The Bertz CT molecular complexity index is 1680. The molecule has 12 nitrogen and oxygen atoms in total. The number of aliphatic carboxylic acids is 1. The molecule has 2 N–H and O–H groups in total. The fourth-order valence-electron chi connectivity index (χ4n) is 6.35. The SMILES string of the molecule is COc1cc([C@@H]2CC(=O)C3=C(C2)Nc2ccccc2N(C(=O)CCC(=O)O)[C@H]3c2cc(OC)c(OC)c(OC)c2)cc(OC)c1OC. The molecule has 2 aliphatic rings. The fraction of sp³-hybridized carbons (Fsp3) is 0.343. The minimum Gasteiger partial charge on any atom is -0.493 e. The number of nitrogens with zero attached hydrogens (tertiary/aromatic N) is 1. The molecule has 3 aromatic rings. The van der Waals surface area contributed by atoms with Crippen LogP contribution in [-0.4, -0.2) is 65.4 Å². The van der Waals surface area contributed by atoms with Gasteiger partial charge < -0.3 is 38.8 Å². The second kappa shape index (κ2) is 13.9. The normalized spacial score (nSPS) is 17.1. The smallest absolute Gasteiger partial charge is 0.303 e. The third-order valence-electron chi connectivity index (χ3n) is 8.47. The predicted molar refractivity (Wildman–Crippen MR) is 173 cm³/mol. The molecule has 2 atom stereocenters. The van der Waals surface area contributed by atoms with Crippen LogP contribution in [0.4, 0.5) is 11.4 Å². The van der Waals surface area contributed by atoms with Crippen molar-refractivity contribution in [2.75, 3.05) is 52.9 Å². The molecule has 0 spiro atoms. The van der Waals surface area contributed by atoms with Crippen molar-refractivity contribution in [2.24, 2.45) is 0 Å². The van der Waals surface area contributed by atoms with Crippen molar-refractivity contribution >= 4 is 29.0 Å². The molecule has 248 valence electrons. The van der Waals surface area contributed by atoms with Gasteiger partial charge in [0.15, 0.2) is 28.8 Å². The molecule has 0 fully saturated rings. The van der Waals surface area contributed by atoms with Gasteiger partial charge in [0.2, 0.25) is 17.4 Å². The number of fused-ring (bicyclic) bond motifs is 1. The summed E-state index contributed by atoms with van der Waals surface area (Å²) >= 11 is 0. The van der Waals surface area contributed by atoms with Gasteiger partial charge in [0.25, 0.3) is 0 Å². The molecule has 0 radical (unpaired) electrons. The van der Waals surface area contributed by atoms with E-state index in [1.807, 2.05) is 24.3 Å². The van der Waals surface area contributed by atoms with E-state index in [9.17, 15) is 19.5 Å². The van der Waals surface area contributed by atoms with Gasteiger partial charge in [-0.05, 0) is 59.9 Å². The molecule has 0 aromatic heterocycles. The maximum atomic E-state index is 14.5. The Hall–Kier alpha value is -5.39. The number of anilines is 2. The number of hydrogen-bond acceptors (Lipinski definition) is 10. The van der Waals surface area contributed by atoms with E-state index >= 15 is 0 Å². The van der Waals surface area contributed by atoms with Crippen LogP contribution in [0.25, 0.3) is 0 Å². The molecule has 1 heterocycles. The average molecular weight is 647 g/mol. The van der Waals surface area contributed by atoms with Crippen LogP contribution in [0.2, 0.25) is 0 Å². The lowest BCUT2D eigenvalue weighted by Gasteiger charge is -2.35. The Kier molecular flexibility index (Phi) is 9.78. The fourth-order valence-corrected chi connectivity index (χ4v) is 6.35. The molecule has 5 rings (SSSR count). The molecular formula is C35H38N2O10. The number of carboxylic acids is 1. The summed E-state index contributed by atoms with van der Waals surface area (Å²) < 4.78 is 33.5. The number of Topliss-reactive ketones (excluding diaryl/α,β-unsaturated/α-hetero) is 1. The lowest BCUT2D eigenvalue weighted by molar-refractivity contribution is -0.138. The summed E-state index contributed by atoms with van der Waals surface area (Å²) in [6.07, 6.45) is -0.134. The molecule has 1 aliphatic heterocycles. The second-order valence-electron chi connectivity index (χ2n) is 11.0. The van der Waals surface area contributed by atoms with Crippen LogP contribution in [0, 0.1) is 0 Å². The highest BCUT2D eigenvalue weighted by Gasteiger charge is 2.42. The molecule has 0 saturated carbocycles. The van der Waals surface area contributed by atoms with Crippen molar-refractivity contribution in [3.8, 4) is 34.5 Å². The number of rotatable bonds is 11. The first-order chi connectivity index (χ1) is 22.7. The van der Waals surface area contributed by atoms with Gasteiger partial charge >= 0.3 is 5.97 Å². The topological polar surface area (TPSA) is 142 Å². The first-order valence-corrected chi connectivity index (χ1v) is 14.9. The van der Waals surface area contributed by atoms with Crippen molar-refractivity contribution in [1.82, 2.24) is 0 Å². The largest absolute Gasteiger partial charge is 0.493 e. The van der Waals surface area contributed by atoms with Gasteiger partial charge in [-0.3, -0.25) is 19.3 Å². The quantitative estimate of drug-likeness (QED) is 0.273. The molecule has 0 bridgehead atoms. The Morgan fingerprint density at radius 1 is 0.766 bits per heavy atom. The Morgan fingerprint density at radius 3 is 1.81 bits per heavy atom. The molecule has 0 unspecified atom stereocenters. The highest BCUT2D eigenvalue weighted by atomic mass is 16.5. The number of nitrogens with one attached hydrogen (secondary N) is 1. The van der Waals surface area contributed by atoms with Gasteiger partial charge in [-0.2, -0.15) is 0 Å². The van der Waals surface area contributed by atoms with E-state index < -0.39 is 17.9 Å². The number of carbonyl (C=O) groups is 3.